The van der Waals surface area contributed by atoms with Gasteiger partial charge in [-0.1, -0.05) is 12.1 Å². The van der Waals surface area contributed by atoms with Crippen LogP contribution in [0.3, 0.4) is 0 Å². The van der Waals surface area contributed by atoms with Crippen LogP contribution in [0.1, 0.15) is 31.2 Å². The zero-order valence-corrected chi connectivity index (χ0v) is 16.2. The molecule has 4 nitrogen and oxygen atoms in total. The smallest absolute Gasteiger partial charge is 0.193 e. The molecule has 0 amide bonds. The van der Waals surface area contributed by atoms with E-state index in [1.807, 2.05) is 7.05 Å². The summed E-state index contributed by atoms with van der Waals surface area (Å²) < 4.78 is 0. The Morgan fingerprint density at radius 1 is 1.21 bits per heavy atom. The SMILES string of the molecule is CN=C(NCCCCN1CCCC1)N(C)Cc1ccc(SC)cc1. The Morgan fingerprint density at radius 2 is 1.92 bits per heavy atom. The number of aliphatic imine (C=N–C) groups is 1. The molecule has 0 aliphatic carbocycles. The fourth-order valence-corrected chi connectivity index (χ4v) is 3.54. The van der Waals surface area contributed by atoms with Crippen molar-refractivity contribution in [1.82, 2.24) is 15.1 Å². The number of benzene rings is 1. The second-order valence-electron chi connectivity index (χ2n) is 6.43. The number of hydrogen-bond donors (Lipinski definition) is 1. The van der Waals surface area contributed by atoms with Crippen molar-refractivity contribution in [2.75, 3.05) is 46.5 Å². The van der Waals surface area contributed by atoms with Gasteiger partial charge in [-0.3, -0.25) is 4.99 Å². The minimum Gasteiger partial charge on any atom is -0.356 e. The van der Waals surface area contributed by atoms with E-state index < -0.39 is 0 Å². The maximum absolute atomic E-state index is 4.41. The summed E-state index contributed by atoms with van der Waals surface area (Å²) in [4.78, 5) is 10.5. The highest BCUT2D eigenvalue weighted by Crippen LogP contribution is 2.15. The fourth-order valence-electron chi connectivity index (χ4n) is 3.13. The third kappa shape index (κ3) is 6.36. The first kappa shape index (κ1) is 19.1. The number of nitrogens with one attached hydrogen (secondary N) is 1. The van der Waals surface area contributed by atoms with Crippen molar-refractivity contribution in [2.45, 2.75) is 37.1 Å². The standard InChI is InChI=1S/C19H32N4S/c1-20-19(21-12-4-5-13-23-14-6-7-15-23)22(2)16-17-8-10-18(24-3)11-9-17/h8-11H,4-7,12-16H2,1-3H3,(H,20,21). The maximum atomic E-state index is 4.41. The van der Waals surface area contributed by atoms with Crippen LogP contribution >= 0.6 is 11.8 Å². The molecule has 1 aromatic rings. The summed E-state index contributed by atoms with van der Waals surface area (Å²) in [6, 6.07) is 8.77. The van der Waals surface area contributed by atoms with Crippen molar-refractivity contribution in [3.8, 4) is 0 Å². The van der Waals surface area contributed by atoms with Gasteiger partial charge in [0.2, 0.25) is 0 Å². The van der Waals surface area contributed by atoms with Crippen molar-refractivity contribution in [3.63, 3.8) is 0 Å². The van der Waals surface area contributed by atoms with E-state index in [1.54, 1.807) is 11.8 Å². The van der Waals surface area contributed by atoms with E-state index in [-0.39, 0.29) is 0 Å². The topological polar surface area (TPSA) is 30.9 Å². The quantitative estimate of drug-likeness (QED) is 0.338. The lowest BCUT2D eigenvalue weighted by Gasteiger charge is -2.22. The fraction of sp³-hybridized carbons (Fsp3) is 0.632. The summed E-state index contributed by atoms with van der Waals surface area (Å²) >= 11 is 1.78. The van der Waals surface area contributed by atoms with E-state index in [4.69, 9.17) is 0 Å². The number of unbranched alkanes of at least 4 members (excludes halogenated alkanes) is 1. The summed E-state index contributed by atoms with van der Waals surface area (Å²) in [6.45, 7) is 5.72. The van der Waals surface area contributed by atoms with Crippen molar-refractivity contribution >= 4 is 17.7 Å². The van der Waals surface area contributed by atoms with E-state index in [9.17, 15) is 0 Å². The maximum Gasteiger partial charge on any atom is 0.193 e. The third-order valence-electron chi connectivity index (χ3n) is 4.54. The second kappa shape index (κ2) is 10.6. The van der Waals surface area contributed by atoms with E-state index in [1.165, 1.54) is 55.8 Å². The predicted molar refractivity (Wildman–Crippen MR) is 106 cm³/mol. The van der Waals surface area contributed by atoms with Crippen LogP contribution in [0.5, 0.6) is 0 Å². The second-order valence-corrected chi connectivity index (χ2v) is 7.31. The number of hydrogen-bond acceptors (Lipinski definition) is 3. The van der Waals surface area contributed by atoms with E-state index in [2.05, 4.69) is 57.7 Å². The van der Waals surface area contributed by atoms with Crippen molar-refractivity contribution in [2.24, 2.45) is 4.99 Å². The molecule has 1 heterocycles. The molecule has 0 unspecified atom stereocenters. The lowest BCUT2D eigenvalue weighted by Crippen LogP contribution is -2.39. The monoisotopic (exact) mass is 348 g/mol. The first-order valence-corrected chi connectivity index (χ1v) is 10.2. The van der Waals surface area contributed by atoms with Gasteiger partial charge in [-0.2, -0.15) is 0 Å². The normalized spacial score (nSPS) is 15.7. The molecule has 1 aromatic carbocycles. The molecular formula is C19H32N4S. The number of rotatable bonds is 8. The molecule has 24 heavy (non-hydrogen) atoms. The van der Waals surface area contributed by atoms with Crippen LogP contribution in [0.4, 0.5) is 0 Å². The highest BCUT2D eigenvalue weighted by atomic mass is 32.2. The first-order chi connectivity index (χ1) is 11.7. The first-order valence-electron chi connectivity index (χ1n) is 9.00. The highest BCUT2D eigenvalue weighted by Gasteiger charge is 2.10. The van der Waals surface area contributed by atoms with E-state index >= 15 is 0 Å². The van der Waals surface area contributed by atoms with Gasteiger partial charge in [0, 0.05) is 32.1 Å². The minimum absolute atomic E-state index is 0.877. The Hall–Kier alpha value is -1.20. The van der Waals surface area contributed by atoms with Gasteiger partial charge in [0.1, 0.15) is 0 Å². The Morgan fingerprint density at radius 3 is 2.54 bits per heavy atom. The zero-order chi connectivity index (χ0) is 17.2. The molecule has 1 saturated heterocycles. The largest absolute Gasteiger partial charge is 0.356 e. The molecule has 0 radical (unpaired) electrons. The van der Waals surface area contributed by atoms with Gasteiger partial charge in [-0.25, -0.2) is 0 Å². The van der Waals surface area contributed by atoms with Crippen LogP contribution in [0.25, 0.3) is 0 Å². The molecule has 0 atom stereocenters. The van der Waals surface area contributed by atoms with Crippen molar-refractivity contribution in [3.05, 3.63) is 29.8 Å². The lowest BCUT2D eigenvalue weighted by atomic mass is 10.2. The van der Waals surface area contributed by atoms with Crippen LogP contribution in [0, 0.1) is 0 Å². The van der Waals surface area contributed by atoms with Gasteiger partial charge < -0.3 is 15.1 Å². The van der Waals surface area contributed by atoms with Crippen LogP contribution < -0.4 is 5.32 Å². The molecule has 1 aliphatic heterocycles. The highest BCUT2D eigenvalue weighted by molar-refractivity contribution is 7.98. The summed E-state index contributed by atoms with van der Waals surface area (Å²) in [5.41, 5.74) is 1.31. The number of thioether (sulfide) groups is 1. The van der Waals surface area contributed by atoms with Crippen LogP contribution in [-0.4, -0.2) is 62.3 Å². The Labute approximate surface area is 151 Å². The molecule has 2 rings (SSSR count). The van der Waals surface area contributed by atoms with Gasteiger partial charge in [-0.05, 0) is 69.3 Å². The van der Waals surface area contributed by atoms with E-state index in [0.29, 0.717) is 0 Å². The molecule has 5 heteroatoms. The third-order valence-corrected chi connectivity index (χ3v) is 5.28. The van der Waals surface area contributed by atoms with Crippen LogP contribution in [-0.2, 0) is 6.54 Å². The van der Waals surface area contributed by atoms with Gasteiger partial charge in [0.05, 0.1) is 0 Å². The van der Waals surface area contributed by atoms with Gasteiger partial charge in [0.15, 0.2) is 5.96 Å². The predicted octanol–water partition coefficient (Wildman–Crippen LogP) is 3.29. The molecule has 1 N–H and O–H groups in total. The molecule has 134 valence electrons. The molecule has 0 saturated carbocycles. The Balaban J connectivity index is 1.67. The summed E-state index contributed by atoms with van der Waals surface area (Å²) in [7, 11) is 3.96. The Bertz CT molecular complexity index is 495. The summed E-state index contributed by atoms with van der Waals surface area (Å²) in [6.07, 6.45) is 7.34. The molecule has 1 aliphatic rings. The average molecular weight is 349 g/mol. The van der Waals surface area contributed by atoms with Crippen LogP contribution in [0.2, 0.25) is 0 Å². The van der Waals surface area contributed by atoms with Crippen LogP contribution in [0.15, 0.2) is 34.2 Å². The molecular weight excluding hydrogens is 316 g/mol. The zero-order valence-electron chi connectivity index (χ0n) is 15.4. The lowest BCUT2D eigenvalue weighted by molar-refractivity contribution is 0.330. The van der Waals surface area contributed by atoms with Gasteiger partial charge in [0.25, 0.3) is 0 Å². The van der Waals surface area contributed by atoms with E-state index in [0.717, 1.165) is 19.0 Å². The summed E-state index contributed by atoms with van der Waals surface area (Å²) in [5, 5.41) is 3.49. The molecule has 0 aromatic heterocycles. The Kier molecular flexibility index (Phi) is 8.47. The number of nitrogens with zero attached hydrogens (tertiary/aromatic N) is 3. The average Bonchev–Trinajstić information content (AvgIpc) is 3.12. The number of likely N-dealkylation sites (tertiary alicyclic amines) is 1. The number of guanidine groups is 1. The molecule has 0 bridgehead atoms. The van der Waals surface area contributed by atoms with Crippen molar-refractivity contribution < 1.29 is 0 Å². The summed E-state index contributed by atoms with van der Waals surface area (Å²) in [5.74, 6) is 0.977. The van der Waals surface area contributed by atoms with Crippen molar-refractivity contribution in [1.29, 1.82) is 0 Å². The van der Waals surface area contributed by atoms with Gasteiger partial charge >= 0.3 is 0 Å². The minimum atomic E-state index is 0.877. The molecule has 1 fully saturated rings. The molecule has 0 spiro atoms. The van der Waals surface area contributed by atoms with Gasteiger partial charge in [-0.15, -0.1) is 11.8 Å².